The van der Waals surface area contributed by atoms with E-state index in [0.29, 0.717) is 10.1 Å². The highest BCUT2D eigenvalue weighted by Crippen LogP contribution is 2.36. The third-order valence-corrected chi connectivity index (χ3v) is 4.32. The number of ether oxygens (including phenoxy) is 1. The predicted octanol–water partition coefficient (Wildman–Crippen LogP) is 3.74. The van der Waals surface area contributed by atoms with Gasteiger partial charge in [0.25, 0.3) is 5.91 Å². The summed E-state index contributed by atoms with van der Waals surface area (Å²) in [6.07, 6.45) is 6.05. The first kappa shape index (κ1) is 18.0. The van der Waals surface area contributed by atoms with Crippen molar-refractivity contribution >= 4 is 33.2 Å². The second kappa shape index (κ2) is 7.35. The van der Waals surface area contributed by atoms with Crippen LogP contribution in [0.15, 0.2) is 53.5 Å². The third-order valence-electron chi connectivity index (χ3n) is 3.83. The average Bonchev–Trinajstić information content (AvgIpc) is 3.29. The van der Waals surface area contributed by atoms with Gasteiger partial charge in [-0.15, -0.1) is 0 Å². The fourth-order valence-electron chi connectivity index (χ4n) is 2.65. The van der Waals surface area contributed by atoms with E-state index in [1.54, 1.807) is 30.6 Å². The van der Waals surface area contributed by atoms with Crippen LogP contribution in [0.1, 0.15) is 10.4 Å². The lowest BCUT2D eigenvalue weighted by atomic mass is 10.1. The Kier molecular flexibility index (Phi) is 4.74. The molecule has 0 bridgehead atoms. The van der Waals surface area contributed by atoms with Gasteiger partial charge in [-0.1, -0.05) is 15.9 Å². The number of aromatic amines is 1. The van der Waals surface area contributed by atoms with Crippen molar-refractivity contribution < 1.29 is 18.3 Å². The molecule has 1 aromatic carbocycles. The van der Waals surface area contributed by atoms with E-state index in [1.165, 1.54) is 23.0 Å². The number of nitrogens with one attached hydrogen (secondary N) is 2. The summed E-state index contributed by atoms with van der Waals surface area (Å²) in [5.41, 5.74) is 1.46. The number of aromatic nitrogens is 5. The summed E-state index contributed by atoms with van der Waals surface area (Å²) in [5, 5.41) is 13.5. The number of H-pyrrole nitrogens is 1. The van der Waals surface area contributed by atoms with Gasteiger partial charge in [0.05, 0.1) is 11.9 Å². The highest BCUT2D eigenvalue weighted by Gasteiger charge is 2.20. The lowest BCUT2D eigenvalue weighted by molar-refractivity contribution is -0.0494. The number of hydrogen-bond acceptors (Lipinski definition) is 5. The summed E-state index contributed by atoms with van der Waals surface area (Å²) in [4.78, 5) is 16.8. The van der Waals surface area contributed by atoms with Crippen molar-refractivity contribution in [3.8, 4) is 17.0 Å². The van der Waals surface area contributed by atoms with Crippen LogP contribution >= 0.6 is 15.9 Å². The zero-order chi connectivity index (χ0) is 19.7. The van der Waals surface area contributed by atoms with E-state index >= 15 is 0 Å². The first-order valence-corrected chi connectivity index (χ1v) is 8.70. The van der Waals surface area contributed by atoms with Gasteiger partial charge in [0.1, 0.15) is 17.0 Å². The molecule has 4 aromatic rings. The van der Waals surface area contributed by atoms with Crippen molar-refractivity contribution in [2.24, 2.45) is 0 Å². The summed E-state index contributed by atoms with van der Waals surface area (Å²) in [7, 11) is 0. The number of carbonyl (C=O) groups excluding carboxylic acids is 1. The molecule has 0 atom stereocenters. The monoisotopic (exact) mass is 448 g/mol. The van der Waals surface area contributed by atoms with Crippen molar-refractivity contribution in [3.63, 3.8) is 0 Å². The molecule has 0 aliphatic heterocycles. The minimum atomic E-state index is -3.00. The Morgan fingerprint density at radius 3 is 3.04 bits per heavy atom. The second-order valence-electron chi connectivity index (χ2n) is 5.57. The van der Waals surface area contributed by atoms with Crippen LogP contribution in [-0.4, -0.2) is 37.3 Å². The van der Waals surface area contributed by atoms with Crippen LogP contribution in [0.25, 0.3) is 16.9 Å². The number of halogens is 3. The Labute approximate surface area is 164 Å². The van der Waals surface area contributed by atoms with Gasteiger partial charge in [-0.05, 0) is 24.3 Å². The molecule has 0 saturated carbocycles. The number of benzene rings is 1. The number of anilines is 1. The molecule has 3 heterocycles. The SMILES string of the molecule is O=C(Nc1c[nH]nc1-c1cc(Br)ccc1OC(F)F)c1cnn2cccnc12. The molecule has 0 unspecified atom stereocenters. The number of carbonyl (C=O) groups is 1. The Morgan fingerprint density at radius 1 is 1.36 bits per heavy atom. The Morgan fingerprint density at radius 2 is 2.21 bits per heavy atom. The molecule has 2 N–H and O–H groups in total. The molecule has 11 heteroatoms. The van der Waals surface area contributed by atoms with Crippen molar-refractivity contribution in [2.75, 3.05) is 5.32 Å². The molecule has 0 aliphatic carbocycles. The van der Waals surface area contributed by atoms with Gasteiger partial charge >= 0.3 is 6.61 Å². The standard InChI is InChI=1S/C17H11BrF2N6O2/c18-9-2-3-13(28-17(19)20)10(6-9)14-12(8-22-25-14)24-16(27)11-7-23-26-5-1-4-21-15(11)26/h1-8,17H,(H,22,25)(H,24,27). The number of nitrogens with zero attached hydrogens (tertiary/aromatic N) is 4. The van der Waals surface area contributed by atoms with E-state index in [2.05, 4.69) is 46.3 Å². The van der Waals surface area contributed by atoms with E-state index < -0.39 is 12.5 Å². The number of fused-ring (bicyclic) bond motifs is 1. The summed E-state index contributed by atoms with van der Waals surface area (Å²) >= 11 is 3.29. The zero-order valence-electron chi connectivity index (χ0n) is 13.9. The third kappa shape index (κ3) is 3.43. The topological polar surface area (TPSA) is 97.2 Å². The molecular weight excluding hydrogens is 438 g/mol. The van der Waals surface area contributed by atoms with Gasteiger partial charge in [0, 0.05) is 28.6 Å². The molecule has 0 saturated heterocycles. The first-order chi connectivity index (χ1) is 13.5. The molecule has 8 nitrogen and oxygen atoms in total. The van der Waals surface area contributed by atoms with Gasteiger partial charge in [-0.25, -0.2) is 9.50 Å². The number of rotatable bonds is 5. The molecule has 28 heavy (non-hydrogen) atoms. The van der Waals surface area contributed by atoms with Gasteiger partial charge in [0.2, 0.25) is 0 Å². The van der Waals surface area contributed by atoms with Crippen molar-refractivity contribution in [1.29, 1.82) is 0 Å². The van der Waals surface area contributed by atoms with Gasteiger partial charge in [0.15, 0.2) is 5.65 Å². The van der Waals surface area contributed by atoms with E-state index in [-0.39, 0.29) is 28.3 Å². The molecule has 0 aliphatic rings. The highest BCUT2D eigenvalue weighted by atomic mass is 79.9. The summed E-state index contributed by atoms with van der Waals surface area (Å²) < 4.78 is 32.2. The Bertz CT molecular complexity index is 1160. The van der Waals surface area contributed by atoms with Crippen LogP contribution in [0.5, 0.6) is 5.75 Å². The van der Waals surface area contributed by atoms with E-state index in [4.69, 9.17) is 0 Å². The fourth-order valence-corrected chi connectivity index (χ4v) is 3.01. The van der Waals surface area contributed by atoms with Crippen molar-refractivity contribution in [2.45, 2.75) is 6.61 Å². The fraction of sp³-hybridized carbons (Fsp3) is 0.0588. The largest absolute Gasteiger partial charge is 0.434 e. The van der Waals surface area contributed by atoms with Gasteiger partial charge < -0.3 is 10.1 Å². The molecule has 0 spiro atoms. The quantitative estimate of drug-likeness (QED) is 0.484. The minimum Gasteiger partial charge on any atom is -0.434 e. The first-order valence-electron chi connectivity index (χ1n) is 7.91. The van der Waals surface area contributed by atoms with Crippen molar-refractivity contribution in [3.05, 3.63) is 59.1 Å². The molecule has 0 fully saturated rings. The Hall–Kier alpha value is -3.34. The average molecular weight is 449 g/mol. The van der Waals surface area contributed by atoms with Crippen LogP contribution in [-0.2, 0) is 0 Å². The summed E-state index contributed by atoms with van der Waals surface area (Å²) in [6.45, 7) is -3.00. The maximum absolute atomic E-state index is 12.7. The second-order valence-corrected chi connectivity index (χ2v) is 6.48. The van der Waals surface area contributed by atoms with Crippen LogP contribution in [0.2, 0.25) is 0 Å². The van der Waals surface area contributed by atoms with Crippen LogP contribution in [0, 0.1) is 0 Å². The molecular formula is C17H11BrF2N6O2. The van der Waals surface area contributed by atoms with Crippen LogP contribution < -0.4 is 10.1 Å². The molecule has 3 aromatic heterocycles. The summed E-state index contributed by atoms with van der Waals surface area (Å²) in [5.74, 6) is -0.541. The predicted molar refractivity (Wildman–Crippen MR) is 99.3 cm³/mol. The van der Waals surface area contributed by atoms with E-state index in [1.807, 2.05) is 0 Å². The van der Waals surface area contributed by atoms with Crippen molar-refractivity contribution in [1.82, 2.24) is 24.8 Å². The van der Waals surface area contributed by atoms with E-state index in [9.17, 15) is 13.6 Å². The maximum atomic E-state index is 12.7. The maximum Gasteiger partial charge on any atom is 0.387 e. The number of hydrogen-bond donors (Lipinski definition) is 2. The van der Waals surface area contributed by atoms with Gasteiger partial charge in [-0.2, -0.15) is 19.0 Å². The summed E-state index contributed by atoms with van der Waals surface area (Å²) in [6, 6.07) is 6.21. The highest BCUT2D eigenvalue weighted by molar-refractivity contribution is 9.10. The normalized spacial score (nSPS) is 11.1. The van der Waals surface area contributed by atoms with Gasteiger partial charge in [-0.3, -0.25) is 9.89 Å². The van der Waals surface area contributed by atoms with Crippen LogP contribution in [0.4, 0.5) is 14.5 Å². The smallest absolute Gasteiger partial charge is 0.387 e. The molecule has 142 valence electrons. The minimum absolute atomic E-state index is 0.0709. The molecule has 1 amide bonds. The van der Waals surface area contributed by atoms with Crippen LogP contribution in [0.3, 0.4) is 0 Å². The Balaban J connectivity index is 1.69. The zero-order valence-corrected chi connectivity index (χ0v) is 15.5. The molecule has 0 radical (unpaired) electrons. The molecule has 4 rings (SSSR count). The number of amides is 1. The number of alkyl halides is 2. The van der Waals surface area contributed by atoms with E-state index in [0.717, 1.165) is 0 Å². The lowest BCUT2D eigenvalue weighted by Crippen LogP contribution is -2.12. The lowest BCUT2D eigenvalue weighted by Gasteiger charge is -2.11.